The van der Waals surface area contributed by atoms with Crippen LogP contribution in [0.25, 0.3) is 0 Å². The number of methoxy groups -OCH3 is 1. The highest BCUT2D eigenvalue weighted by Gasteiger charge is 2.08. The first kappa shape index (κ1) is 21.5. The molecule has 2 N–H and O–H groups in total. The molecule has 0 aliphatic heterocycles. The number of para-hydroxylation sites is 2. The second-order valence-corrected chi connectivity index (χ2v) is 5.81. The summed E-state index contributed by atoms with van der Waals surface area (Å²) in [4.78, 5) is 12.3. The van der Waals surface area contributed by atoms with Gasteiger partial charge in [-0.25, -0.2) is 0 Å². The average Bonchev–Trinajstić information content (AvgIpc) is 2.71. The SMILES string of the molecule is CCOCCOc1ccccc1NC(=O)CNc1cccc(OCCOC)c1. The summed E-state index contributed by atoms with van der Waals surface area (Å²) in [5.41, 5.74) is 1.42. The lowest BCUT2D eigenvalue weighted by molar-refractivity contribution is -0.114. The van der Waals surface area contributed by atoms with Gasteiger partial charge in [-0.05, 0) is 31.2 Å². The number of benzene rings is 2. The Labute approximate surface area is 165 Å². The van der Waals surface area contributed by atoms with E-state index in [4.69, 9.17) is 18.9 Å². The first-order chi connectivity index (χ1) is 13.7. The topological polar surface area (TPSA) is 78.1 Å². The molecule has 0 atom stereocenters. The van der Waals surface area contributed by atoms with Crippen LogP contribution in [0.4, 0.5) is 11.4 Å². The van der Waals surface area contributed by atoms with Gasteiger partial charge in [0.25, 0.3) is 0 Å². The number of amides is 1. The maximum absolute atomic E-state index is 12.3. The van der Waals surface area contributed by atoms with E-state index < -0.39 is 0 Å². The minimum absolute atomic E-state index is 0.120. The van der Waals surface area contributed by atoms with Crippen molar-refractivity contribution in [2.45, 2.75) is 6.92 Å². The molecule has 0 aromatic heterocycles. The van der Waals surface area contributed by atoms with Gasteiger partial charge in [0, 0.05) is 25.5 Å². The Balaban J connectivity index is 1.83. The zero-order valence-electron chi connectivity index (χ0n) is 16.4. The van der Waals surface area contributed by atoms with E-state index in [0.29, 0.717) is 44.5 Å². The molecule has 0 fully saturated rings. The van der Waals surface area contributed by atoms with Crippen LogP contribution in [0, 0.1) is 0 Å². The molecule has 1 amide bonds. The van der Waals surface area contributed by atoms with Crippen LogP contribution in [0.1, 0.15) is 6.92 Å². The molecule has 2 aromatic rings. The van der Waals surface area contributed by atoms with E-state index in [9.17, 15) is 4.79 Å². The van der Waals surface area contributed by atoms with Gasteiger partial charge in [-0.3, -0.25) is 4.79 Å². The van der Waals surface area contributed by atoms with Crippen molar-refractivity contribution in [3.05, 3.63) is 48.5 Å². The quantitative estimate of drug-likeness (QED) is 0.513. The number of anilines is 2. The first-order valence-electron chi connectivity index (χ1n) is 9.28. The molecule has 0 aliphatic carbocycles. The van der Waals surface area contributed by atoms with Crippen molar-refractivity contribution < 1.29 is 23.7 Å². The molecule has 0 unspecified atom stereocenters. The summed E-state index contributed by atoms with van der Waals surface area (Å²) in [6.07, 6.45) is 0. The molecular formula is C21H28N2O5. The maximum atomic E-state index is 12.3. The lowest BCUT2D eigenvalue weighted by atomic mass is 10.3. The zero-order valence-corrected chi connectivity index (χ0v) is 16.4. The number of hydrogen-bond acceptors (Lipinski definition) is 6. The summed E-state index contributed by atoms with van der Waals surface area (Å²) in [5.74, 6) is 1.16. The van der Waals surface area contributed by atoms with Crippen LogP contribution >= 0.6 is 0 Å². The number of ether oxygens (including phenoxy) is 4. The Bertz CT molecular complexity index is 723. The molecule has 0 bridgehead atoms. The third kappa shape index (κ3) is 7.85. The minimum atomic E-state index is -0.174. The van der Waals surface area contributed by atoms with Gasteiger partial charge in [0.2, 0.25) is 5.91 Å². The zero-order chi connectivity index (χ0) is 20.0. The average molecular weight is 388 g/mol. The second kappa shape index (κ2) is 12.6. The summed E-state index contributed by atoms with van der Waals surface area (Å²) < 4.78 is 21.5. The maximum Gasteiger partial charge on any atom is 0.243 e. The largest absolute Gasteiger partial charge is 0.491 e. The Kier molecular flexibility index (Phi) is 9.68. The lowest BCUT2D eigenvalue weighted by Gasteiger charge is -2.13. The predicted molar refractivity (Wildman–Crippen MR) is 109 cm³/mol. The Morgan fingerprint density at radius 2 is 1.79 bits per heavy atom. The number of nitrogens with one attached hydrogen (secondary N) is 2. The molecule has 0 saturated carbocycles. The van der Waals surface area contributed by atoms with Crippen LogP contribution in [-0.4, -0.2) is 52.6 Å². The molecule has 28 heavy (non-hydrogen) atoms. The van der Waals surface area contributed by atoms with Gasteiger partial charge in [0.15, 0.2) is 0 Å². The fourth-order valence-corrected chi connectivity index (χ4v) is 2.37. The first-order valence-corrected chi connectivity index (χ1v) is 9.28. The minimum Gasteiger partial charge on any atom is -0.491 e. The molecule has 0 heterocycles. The number of carbonyl (C=O) groups excluding carboxylic acids is 1. The van der Waals surface area contributed by atoms with Crippen molar-refractivity contribution in [1.29, 1.82) is 0 Å². The molecule has 2 rings (SSSR count). The van der Waals surface area contributed by atoms with Gasteiger partial charge >= 0.3 is 0 Å². The summed E-state index contributed by atoms with van der Waals surface area (Å²) in [7, 11) is 1.63. The number of hydrogen-bond donors (Lipinski definition) is 2. The summed E-state index contributed by atoms with van der Waals surface area (Å²) in [5, 5.41) is 5.95. The van der Waals surface area contributed by atoms with Gasteiger partial charge in [0.1, 0.15) is 24.7 Å². The van der Waals surface area contributed by atoms with Crippen molar-refractivity contribution in [2.75, 3.05) is 57.3 Å². The fourth-order valence-electron chi connectivity index (χ4n) is 2.37. The smallest absolute Gasteiger partial charge is 0.243 e. The van der Waals surface area contributed by atoms with E-state index in [1.165, 1.54) is 0 Å². The van der Waals surface area contributed by atoms with Crippen LogP contribution in [0.3, 0.4) is 0 Å². The van der Waals surface area contributed by atoms with Crippen LogP contribution < -0.4 is 20.1 Å². The van der Waals surface area contributed by atoms with Crippen LogP contribution in [0.15, 0.2) is 48.5 Å². The number of carbonyl (C=O) groups is 1. The van der Waals surface area contributed by atoms with E-state index in [1.807, 2.05) is 49.4 Å². The normalized spacial score (nSPS) is 10.4. The monoisotopic (exact) mass is 388 g/mol. The molecule has 152 valence electrons. The molecule has 7 nitrogen and oxygen atoms in total. The van der Waals surface area contributed by atoms with Crippen molar-refractivity contribution in [3.63, 3.8) is 0 Å². The van der Waals surface area contributed by atoms with Gasteiger partial charge < -0.3 is 29.6 Å². The molecule has 0 aliphatic rings. The summed E-state index contributed by atoms with van der Waals surface area (Å²) >= 11 is 0. The summed E-state index contributed by atoms with van der Waals surface area (Å²) in [6, 6.07) is 14.8. The van der Waals surface area contributed by atoms with Crippen molar-refractivity contribution in [2.24, 2.45) is 0 Å². The van der Waals surface area contributed by atoms with E-state index in [-0.39, 0.29) is 12.5 Å². The molecule has 0 spiro atoms. The van der Waals surface area contributed by atoms with Crippen molar-refractivity contribution >= 4 is 17.3 Å². The third-order valence-corrected chi connectivity index (χ3v) is 3.69. The van der Waals surface area contributed by atoms with E-state index in [0.717, 1.165) is 11.4 Å². The highest BCUT2D eigenvalue weighted by Crippen LogP contribution is 2.23. The second-order valence-electron chi connectivity index (χ2n) is 5.81. The lowest BCUT2D eigenvalue weighted by Crippen LogP contribution is -2.22. The molecule has 2 aromatic carbocycles. The Morgan fingerprint density at radius 1 is 0.964 bits per heavy atom. The van der Waals surface area contributed by atoms with Gasteiger partial charge in [-0.1, -0.05) is 18.2 Å². The van der Waals surface area contributed by atoms with E-state index >= 15 is 0 Å². The van der Waals surface area contributed by atoms with E-state index in [1.54, 1.807) is 13.2 Å². The Morgan fingerprint density at radius 3 is 2.61 bits per heavy atom. The van der Waals surface area contributed by atoms with Crippen molar-refractivity contribution in [3.8, 4) is 11.5 Å². The highest BCUT2D eigenvalue weighted by atomic mass is 16.5. The van der Waals surface area contributed by atoms with Crippen LogP contribution in [-0.2, 0) is 14.3 Å². The molecule has 0 radical (unpaired) electrons. The van der Waals surface area contributed by atoms with Crippen LogP contribution in [0.5, 0.6) is 11.5 Å². The fraction of sp³-hybridized carbons (Fsp3) is 0.381. The van der Waals surface area contributed by atoms with E-state index in [2.05, 4.69) is 10.6 Å². The third-order valence-electron chi connectivity index (χ3n) is 3.69. The van der Waals surface area contributed by atoms with Gasteiger partial charge in [-0.15, -0.1) is 0 Å². The standard InChI is InChI=1S/C21H28N2O5/c1-3-26-12-14-28-20-10-5-4-9-19(20)23-21(24)16-22-17-7-6-8-18(15-17)27-13-11-25-2/h4-10,15,22H,3,11-14,16H2,1-2H3,(H,23,24). The van der Waals surface area contributed by atoms with Crippen LogP contribution in [0.2, 0.25) is 0 Å². The molecular weight excluding hydrogens is 360 g/mol. The number of rotatable bonds is 13. The van der Waals surface area contributed by atoms with Gasteiger partial charge in [0.05, 0.1) is 25.4 Å². The Hall–Kier alpha value is -2.77. The molecule has 7 heteroatoms. The summed E-state index contributed by atoms with van der Waals surface area (Å²) in [6.45, 7) is 4.62. The van der Waals surface area contributed by atoms with Gasteiger partial charge in [-0.2, -0.15) is 0 Å². The molecule has 0 saturated heterocycles. The van der Waals surface area contributed by atoms with Crippen molar-refractivity contribution in [1.82, 2.24) is 0 Å². The highest BCUT2D eigenvalue weighted by molar-refractivity contribution is 5.95. The predicted octanol–water partition coefficient (Wildman–Crippen LogP) is 3.18.